The van der Waals surface area contributed by atoms with Gasteiger partial charge in [-0.05, 0) is 40.2 Å². The van der Waals surface area contributed by atoms with E-state index in [2.05, 4.69) is 15.9 Å². The second kappa shape index (κ2) is 5.25. The lowest BCUT2D eigenvalue weighted by Gasteiger charge is -2.09. The zero-order valence-corrected chi connectivity index (χ0v) is 12.0. The Balaban J connectivity index is 1.92. The Kier molecular flexibility index (Phi) is 3.42. The van der Waals surface area contributed by atoms with Crippen molar-refractivity contribution < 1.29 is 28.5 Å². The molecule has 0 amide bonds. The van der Waals surface area contributed by atoms with Crippen LogP contribution in [0.25, 0.3) is 0 Å². The summed E-state index contributed by atoms with van der Waals surface area (Å²) >= 11 is 2.91. The van der Waals surface area contributed by atoms with Gasteiger partial charge in [-0.1, -0.05) is 0 Å². The molecule has 2 aromatic carbocycles. The summed E-state index contributed by atoms with van der Waals surface area (Å²) in [5.41, 5.74) is -0.175. The first kappa shape index (κ1) is 13.7. The average molecular weight is 355 g/mol. The maximum Gasteiger partial charge on any atom is 0.336 e. The van der Waals surface area contributed by atoms with Crippen molar-refractivity contribution in [3.05, 3.63) is 46.2 Å². The first-order valence-corrected chi connectivity index (χ1v) is 6.64. The molecule has 3 rings (SSSR count). The fourth-order valence-corrected chi connectivity index (χ4v) is 2.34. The molecule has 0 radical (unpaired) electrons. The van der Waals surface area contributed by atoms with Crippen LogP contribution in [-0.4, -0.2) is 17.9 Å². The molecule has 0 unspecified atom stereocenters. The molecule has 0 atom stereocenters. The number of halogens is 2. The van der Waals surface area contributed by atoms with E-state index in [1.165, 1.54) is 12.1 Å². The molecule has 1 heterocycles. The second-order valence-corrected chi connectivity index (χ2v) is 4.95. The molecular formula is C14H8BrFO5. The van der Waals surface area contributed by atoms with Crippen molar-refractivity contribution in [1.29, 1.82) is 0 Å². The lowest BCUT2D eigenvalue weighted by molar-refractivity contribution is 0.0695. The van der Waals surface area contributed by atoms with E-state index in [0.717, 1.165) is 0 Å². The number of carbonyl (C=O) groups is 1. The Labute approximate surface area is 127 Å². The molecule has 1 aliphatic rings. The van der Waals surface area contributed by atoms with Crippen molar-refractivity contribution in [2.45, 2.75) is 0 Å². The predicted molar refractivity (Wildman–Crippen MR) is 73.7 cm³/mol. The zero-order chi connectivity index (χ0) is 15.0. The van der Waals surface area contributed by atoms with Crippen molar-refractivity contribution in [3.63, 3.8) is 0 Å². The molecule has 2 aromatic rings. The van der Waals surface area contributed by atoms with Crippen LogP contribution in [0.3, 0.4) is 0 Å². The molecule has 0 bridgehead atoms. The summed E-state index contributed by atoms with van der Waals surface area (Å²) < 4.78 is 29.7. The summed E-state index contributed by atoms with van der Waals surface area (Å²) in [6.07, 6.45) is 0. The van der Waals surface area contributed by atoms with Crippen molar-refractivity contribution in [3.8, 4) is 23.0 Å². The normalized spacial score (nSPS) is 12.3. The number of carboxylic acid groups (broad SMARTS) is 1. The third-order valence-corrected chi connectivity index (χ3v) is 3.62. The molecule has 7 heteroatoms. The summed E-state index contributed by atoms with van der Waals surface area (Å²) in [5, 5.41) is 8.91. The lowest BCUT2D eigenvalue weighted by atomic mass is 10.2. The van der Waals surface area contributed by atoms with Crippen molar-refractivity contribution in [2.75, 3.05) is 6.79 Å². The molecule has 0 saturated carbocycles. The number of aromatic carboxylic acids is 1. The summed E-state index contributed by atoms with van der Waals surface area (Å²) in [4.78, 5) is 10.9. The molecule has 0 aromatic heterocycles. The number of rotatable bonds is 3. The summed E-state index contributed by atoms with van der Waals surface area (Å²) in [5.74, 6) is -0.652. The zero-order valence-electron chi connectivity index (χ0n) is 10.4. The molecular weight excluding hydrogens is 347 g/mol. The van der Waals surface area contributed by atoms with Gasteiger partial charge in [0.25, 0.3) is 0 Å². The van der Waals surface area contributed by atoms with Crippen LogP contribution < -0.4 is 14.2 Å². The molecule has 1 aliphatic heterocycles. The number of carboxylic acids is 1. The van der Waals surface area contributed by atoms with Crippen LogP contribution in [0.15, 0.2) is 34.8 Å². The van der Waals surface area contributed by atoms with E-state index in [9.17, 15) is 9.18 Å². The maximum absolute atomic E-state index is 14.1. The molecule has 5 nitrogen and oxygen atoms in total. The average Bonchev–Trinajstić information content (AvgIpc) is 2.91. The third-order valence-electron chi connectivity index (χ3n) is 2.85. The Morgan fingerprint density at radius 1 is 1.24 bits per heavy atom. The maximum atomic E-state index is 14.1. The minimum absolute atomic E-state index is 0.0919. The third kappa shape index (κ3) is 2.52. The van der Waals surface area contributed by atoms with E-state index in [1.54, 1.807) is 18.2 Å². The van der Waals surface area contributed by atoms with E-state index in [-0.39, 0.29) is 22.6 Å². The van der Waals surface area contributed by atoms with Crippen LogP contribution in [-0.2, 0) is 0 Å². The number of hydrogen-bond acceptors (Lipinski definition) is 4. The van der Waals surface area contributed by atoms with Gasteiger partial charge in [0.05, 0.1) is 10.0 Å². The minimum atomic E-state index is -1.23. The number of ether oxygens (including phenoxy) is 3. The Morgan fingerprint density at radius 2 is 2.00 bits per heavy atom. The summed E-state index contributed by atoms with van der Waals surface area (Å²) in [6.45, 7) is 0.131. The molecule has 1 N–H and O–H groups in total. The van der Waals surface area contributed by atoms with Gasteiger partial charge in [-0.3, -0.25) is 0 Å². The summed E-state index contributed by atoms with van der Waals surface area (Å²) in [6, 6.07) is 7.34. The van der Waals surface area contributed by atoms with E-state index < -0.39 is 11.8 Å². The van der Waals surface area contributed by atoms with Gasteiger partial charge in [-0.15, -0.1) is 0 Å². The van der Waals surface area contributed by atoms with E-state index >= 15 is 0 Å². The van der Waals surface area contributed by atoms with Crippen molar-refractivity contribution >= 4 is 21.9 Å². The molecule has 0 saturated heterocycles. The number of fused-ring (bicyclic) bond motifs is 1. The van der Waals surface area contributed by atoms with E-state index in [1.807, 2.05) is 0 Å². The Morgan fingerprint density at radius 3 is 2.76 bits per heavy atom. The predicted octanol–water partition coefficient (Wildman–Crippen LogP) is 3.81. The van der Waals surface area contributed by atoms with Gasteiger partial charge in [0.2, 0.25) is 6.79 Å². The smallest absolute Gasteiger partial charge is 0.336 e. The van der Waals surface area contributed by atoms with Crippen LogP contribution in [0.2, 0.25) is 0 Å². The Hall–Kier alpha value is -2.28. The summed E-state index contributed by atoms with van der Waals surface area (Å²) in [7, 11) is 0. The van der Waals surface area contributed by atoms with Crippen molar-refractivity contribution in [1.82, 2.24) is 0 Å². The topological polar surface area (TPSA) is 65.0 Å². The first-order valence-electron chi connectivity index (χ1n) is 5.85. The van der Waals surface area contributed by atoms with E-state index in [0.29, 0.717) is 17.2 Å². The highest BCUT2D eigenvalue weighted by atomic mass is 79.9. The number of benzene rings is 2. The first-order chi connectivity index (χ1) is 10.1. The fourth-order valence-electron chi connectivity index (χ4n) is 1.84. The monoisotopic (exact) mass is 354 g/mol. The van der Waals surface area contributed by atoms with Crippen LogP contribution in [0.4, 0.5) is 4.39 Å². The highest BCUT2D eigenvalue weighted by Gasteiger charge is 2.18. The van der Waals surface area contributed by atoms with Gasteiger partial charge in [0.15, 0.2) is 23.1 Å². The SMILES string of the molecule is O=C(O)c1ccc(Oc2ccc3c(c2)OCO3)c(F)c1Br. The van der Waals surface area contributed by atoms with Crippen LogP contribution >= 0.6 is 15.9 Å². The van der Waals surface area contributed by atoms with Gasteiger partial charge in [-0.25, -0.2) is 9.18 Å². The molecule has 108 valence electrons. The van der Waals surface area contributed by atoms with E-state index in [4.69, 9.17) is 19.3 Å². The van der Waals surface area contributed by atoms with Crippen LogP contribution in [0.1, 0.15) is 10.4 Å². The molecule has 0 aliphatic carbocycles. The largest absolute Gasteiger partial charge is 0.478 e. The quantitative estimate of drug-likeness (QED) is 0.907. The second-order valence-electron chi connectivity index (χ2n) is 4.16. The molecule has 21 heavy (non-hydrogen) atoms. The highest BCUT2D eigenvalue weighted by Crippen LogP contribution is 2.38. The molecule has 0 fully saturated rings. The van der Waals surface area contributed by atoms with Gasteiger partial charge in [-0.2, -0.15) is 0 Å². The molecule has 0 spiro atoms. The Bertz CT molecular complexity index is 732. The minimum Gasteiger partial charge on any atom is -0.478 e. The lowest BCUT2D eigenvalue weighted by Crippen LogP contribution is -2.00. The fraction of sp³-hybridized carbons (Fsp3) is 0.0714. The van der Waals surface area contributed by atoms with Gasteiger partial charge in [0, 0.05) is 6.07 Å². The van der Waals surface area contributed by atoms with Crippen LogP contribution in [0, 0.1) is 5.82 Å². The number of hydrogen-bond donors (Lipinski definition) is 1. The van der Waals surface area contributed by atoms with Gasteiger partial charge < -0.3 is 19.3 Å². The van der Waals surface area contributed by atoms with Crippen molar-refractivity contribution in [2.24, 2.45) is 0 Å². The highest BCUT2D eigenvalue weighted by molar-refractivity contribution is 9.10. The van der Waals surface area contributed by atoms with Gasteiger partial charge in [0.1, 0.15) is 5.75 Å². The standard InChI is InChI=1S/C14H8BrFO5/c15-12-8(14(17)18)2-4-10(13(12)16)21-7-1-3-9-11(5-7)20-6-19-9/h1-5H,6H2,(H,17,18). The van der Waals surface area contributed by atoms with Gasteiger partial charge >= 0.3 is 5.97 Å². The van der Waals surface area contributed by atoms with Crippen LogP contribution in [0.5, 0.6) is 23.0 Å².